The smallest absolute Gasteiger partial charge is 0.422 e. The number of para-hydroxylation sites is 1. The third kappa shape index (κ3) is 7.16. The molecule has 1 atom stereocenters. The largest absolute Gasteiger partial charge is 0.484 e. The highest BCUT2D eigenvalue weighted by Crippen LogP contribution is 2.22. The van der Waals surface area contributed by atoms with E-state index in [1.54, 1.807) is 25.3 Å². The van der Waals surface area contributed by atoms with Gasteiger partial charge in [0.25, 0.3) is 0 Å². The van der Waals surface area contributed by atoms with Crippen molar-refractivity contribution in [2.75, 3.05) is 20.3 Å². The summed E-state index contributed by atoms with van der Waals surface area (Å²) in [6, 6.07) is 6.38. The van der Waals surface area contributed by atoms with E-state index in [0.29, 0.717) is 12.2 Å². The first-order valence-corrected chi connectivity index (χ1v) is 6.64. The Morgan fingerprint density at radius 1 is 1.36 bits per heavy atom. The molecule has 1 aromatic rings. The summed E-state index contributed by atoms with van der Waals surface area (Å²) in [5.74, 6) is 0.330. The maximum absolute atomic E-state index is 12.2. The standard InChI is InChI=1S/C14H20F3N3O2/c1-10(8-21-2)20-13(18)19-7-11-5-3-4-6-12(11)22-9-14(15,16)17/h3-6,10H,7-9H2,1-2H3,(H3,18,19,20). The van der Waals surface area contributed by atoms with Crippen LogP contribution in [-0.4, -0.2) is 38.5 Å². The molecule has 3 N–H and O–H groups in total. The topological polar surface area (TPSA) is 68.9 Å². The van der Waals surface area contributed by atoms with Crippen molar-refractivity contribution in [3.05, 3.63) is 29.8 Å². The molecule has 0 saturated heterocycles. The van der Waals surface area contributed by atoms with E-state index in [1.807, 2.05) is 6.92 Å². The van der Waals surface area contributed by atoms with Gasteiger partial charge < -0.3 is 20.5 Å². The summed E-state index contributed by atoms with van der Waals surface area (Å²) >= 11 is 0. The Hall–Kier alpha value is -1.96. The molecule has 0 radical (unpaired) electrons. The van der Waals surface area contributed by atoms with Crippen molar-refractivity contribution in [1.29, 1.82) is 0 Å². The van der Waals surface area contributed by atoms with Crippen molar-refractivity contribution in [3.63, 3.8) is 0 Å². The Labute approximate surface area is 127 Å². The molecule has 0 aliphatic carbocycles. The first kappa shape index (κ1) is 18.1. The van der Waals surface area contributed by atoms with Gasteiger partial charge in [-0.15, -0.1) is 0 Å². The van der Waals surface area contributed by atoms with Crippen LogP contribution < -0.4 is 15.8 Å². The Balaban J connectivity index is 2.65. The van der Waals surface area contributed by atoms with Gasteiger partial charge in [0.05, 0.1) is 13.2 Å². The number of nitrogens with two attached hydrogens (primary N) is 1. The van der Waals surface area contributed by atoms with Crippen LogP contribution in [0.3, 0.4) is 0 Å². The van der Waals surface area contributed by atoms with Crippen molar-refractivity contribution in [1.82, 2.24) is 5.32 Å². The fourth-order valence-corrected chi connectivity index (χ4v) is 1.69. The summed E-state index contributed by atoms with van der Waals surface area (Å²) in [4.78, 5) is 4.09. The van der Waals surface area contributed by atoms with Gasteiger partial charge in [0.1, 0.15) is 5.75 Å². The molecule has 0 aliphatic rings. The summed E-state index contributed by atoms with van der Waals surface area (Å²) in [7, 11) is 1.57. The average Bonchev–Trinajstić information content (AvgIpc) is 2.43. The molecular formula is C14H20F3N3O2. The van der Waals surface area contributed by atoms with Gasteiger partial charge in [-0.05, 0) is 13.0 Å². The number of rotatable bonds is 7. The fourth-order valence-electron chi connectivity index (χ4n) is 1.69. The van der Waals surface area contributed by atoms with E-state index in [0.717, 1.165) is 0 Å². The molecule has 22 heavy (non-hydrogen) atoms. The number of hydrogen-bond donors (Lipinski definition) is 2. The lowest BCUT2D eigenvalue weighted by Gasteiger charge is -2.14. The fraction of sp³-hybridized carbons (Fsp3) is 0.500. The minimum atomic E-state index is -4.38. The molecule has 0 amide bonds. The first-order chi connectivity index (χ1) is 10.3. The molecule has 1 rings (SSSR count). The van der Waals surface area contributed by atoms with Gasteiger partial charge in [-0.1, -0.05) is 18.2 Å². The predicted molar refractivity (Wildman–Crippen MR) is 77.8 cm³/mol. The number of halogens is 3. The number of nitrogens with one attached hydrogen (secondary N) is 1. The maximum atomic E-state index is 12.2. The molecule has 0 bridgehead atoms. The summed E-state index contributed by atoms with van der Waals surface area (Å²) in [5.41, 5.74) is 6.23. The zero-order chi connectivity index (χ0) is 16.6. The molecule has 0 fully saturated rings. The second-order valence-corrected chi connectivity index (χ2v) is 4.71. The Morgan fingerprint density at radius 2 is 2.05 bits per heavy atom. The van der Waals surface area contributed by atoms with Crippen molar-refractivity contribution in [2.45, 2.75) is 25.7 Å². The number of aliphatic imine (C=N–C) groups is 1. The molecule has 0 aromatic heterocycles. The molecule has 1 unspecified atom stereocenters. The highest BCUT2D eigenvalue weighted by molar-refractivity contribution is 5.78. The third-order valence-electron chi connectivity index (χ3n) is 2.59. The van der Waals surface area contributed by atoms with E-state index in [4.69, 9.17) is 15.2 Å². The number of methoxy groups -OCH3 is 1. The maximum Gasteiger partial charge on any atom is 0.422 e. The monoisotopic (exact) mass is 319 g/mol. The van der Waals surface area contributed by atoms with Crippen LogP contribution in [0.25, 0.3) is 0 Å². The highest BCUT2D eigenvalue weighted by Gasteiger charge is 2.28. The molecule has 0 heterocycles. The van der Waals surface area contributed by atoms with Gasteiger partial charge in [0.2, 0.25) is 0 Å². The zero-order valence-electron chi connectivity index (χ0n) is 12.5. The van der Waals surface area contributed by atoms with E-state index in [-0.39, 0.29) is 24.3 Å². The second-order valence-electron chi connectivity index (χ2n) is 4.71. The van der Waals surface area contributed by atoms with Crippen LogP contribution in [0.4, 0.5) is 13.2 Å². The number of nitrogens with zero attached hydrogens (tertiary/aromatic N) is 1. The van der Waals surface area contributed by atoms with E-state index in [1.165, 1.54) is 6.07 Å². The van der Waals surface area contributed by atoms with Crippen LogP contribution in [0.2, 0.25) is 0 Å². The second kappa shape index (κ2) is 8.47. The molecule has 1 aromatic carbocycles. The van der Waals surface area contributed by atoms with Crippen molar-refractivity contribution >= 4 is 5.96 Å². The first-order valence-electron chi connectivity index (χ1n) is 6.64. The summed E-state index contributed by atoms with van der Waals surface area (Å²) in [6.45, 7) is 1.10. The van der Waals surface area contributed by atoms with Crippen LogP contribution in [-0.2, 0) is 11.3 Å². The minimum Gasteiger partial charge on any atom is -0.484 e. The Bertz CT molecular complexity index is 492. The molecular weight excluding hydrogens is 299 g/mol. The lowest BCUT2D eigenvalue weighted by molar-refractivity contribution is -0.153. The van der Waals surface area contributed by atoms with Crippen molar-refractivity contribution < 1.29 is 22.6 Å². The van der Waals surface area contributed by atoms with Crippen molar-refractivity contribution in [2.24, 2.45) is 10.7 Å². The average molecular weight is 319 g/mol. The summed E-state index contributed by atoms with van der Waals surface area (Å²) < 4.78 is 46.4. The lowest BCUT2D eigenvalue weighted by atomic mass is 10.2. The number of alkyl halides is 3. The minimum absolute atomic E-state index is 0.0227. The van der Waals surface area contributed by atoms with E-state index < -0.39 is 12.8 Å². The Kier molecular flexibility index (Phi) is 6.97. The molecule has 0 aliphatic heterocycles. The number of hydrogen-bond acceptors (Lipinski definition) is 3. The molecule has 8 heteroatoms. The van der Waals surface area contributed by atoms with E-state index >= 15 is 0 Å². The van der Waals surface area contributed by atoms with Crippen LogP contribution in [0, 0.1) is 0 Å². The summed E-state index contributed by atoms with van der Waals surface area (Å²) in [6.07, 6.45) is -4.38. The van der Waals surface area contributed by atoms with Gasteiger partial charge in [0.15, 0.2) is 12.6 Å². The third-order valence-corrected chi connectivity index (χ3v) is 2.59. The SMILES string of the molecule is COCC(C)NC(N)=NCc1ccccc1OCC(F)(F)F. The molecule has 5 nitrogen and oxygen atoms in total. The van der Waals surface area contributed by atoms with Gasteiger partial charge in [0, 0.05) is 18.7 Å². The van der Waals surface area contributed by atoms with E-state index in [2.05, 4.69) is 10.3 Å². The summed E-state index contributed by atoms with van der Waals surface area (Å²) in [5, 5.41) is 2.91. The molecule has 0 saturated carbocycles. The lowest BCUT2D eigenvalue weighted by Crippen LogP contribution is -2.40. The van der Waals surface area contributed by atoms with Crippen LogP contribution in [0.15, 0.2) is 29.3 Å². The van der Waals surface area contributed by atoms with Crippen LogP contribution in [0.5, 0.6) is 5.75 Å². The quantitative estimate of drug-likeness (QED) is 0.596. The van der Waals surface area contributed by atoms with Gasteiger partial charge in [-0.25, -0.2) is 4.99 Å². The van der Waals surface area contributed by atoms with Crippen LogP contribution in [0.1, 0.15) is 12.5 Å². The van der Waals surface area contributed by atoms with Crippen LogP contribution >= 0.6 is 0 Å². The molecule has 0 spiro atoms. The zero-order valence-corrected chi connectivity index (χ0v) is 12.5. The molecule has 124 valence electrons. The van der Waals surface area contributed by atoms with E-state index in [9.17, 15) is 13.2 Å². The number of benzene rings is 1. The number of ether oxygens (including phenoxy) is 2. The van der Waals surface area contributed by atoms with Gasteiger partial charge in [-0.2, -0.15) is 13.2 Å². The number of guanidine groups is 1. The van der Waals surface area contributed by atoms with Crippen molar-refractivity contribution in [3.8, 4) is 5.75 Å². The van der Waals surface area contributed by atoms with Gasteiger partial charge >= 0.3 is 6.18 Å². The normalized spacial score (nSPS) is 13.8. The Morgan fingerprint density at radius 3 is 2.68 bits per heavy atom. The van der Waals surface area contributed by atoms with Gasteiger partial charge in [-0.3, -0.25) is 0 Å². The highest BCUT2D eigenvalue weighted by atomic mass is 19.4. The predicted octanol–water partition coefficient (Wildman–Crippen LogP) is 2.07.